The zero-order valence-electron chi connectivity index (χ0n) is 12.6. The van der Waals surface area contributed by atoms with Gasteiger partial charge in [-0.05, 0) is 24.0 Å². The molecule has 1 atom stereocenters. The molecule has 20 heavy (non-hydrogen) atoms. The molecule has 0 bridgehead atoms. The largest absolute Gasteiger partial charge is 0.389 e. The fraction of sp³-hybridized carbons (Fsp3) is 0.562. The van der Waals surface area contributed by atoms with Gasteiger partial charge in [0, 0.05) is 13.2 Å². The molecule has 4 nitrogen and oxygen atoms in total. The normalized spacial score (nSPS) is 12.4. The van der Waals surface area contributed by atoms with E-state index in [9.17, 15) is 9.90 Å². The Morgan fingerprint density at radius 1 is 1.30 bits per heavy atom. The second-order valence-corrected chi connectivity index (χ2v) is 5.49. The van der Waals surface area contributed by atoms with Crippen LogP contribution in [0.15, 0.2) is 24.3 Å². The summed E-state index contributed by atoms with van der Waals surface area (Å²) in [6.07, 6.45) is -0.318. The van der Waals surface area contributed by atoms with Gasteiger partial charge in [0.25, 0.3) is 0 Å². The SMILES string of the molecule is Cc1ccccc1CC(=O)NCC(O)COCC(C)C. The Bertz CT molecular complexity index is 418. The van der Waals surface area contributed by atoms with Gasteiger partial charge in [0.1, 0.15) is 0 Å². The number of amides is 1. The molecule has 0 fully saturated rings. The highest BCUT2D eigenvalue weighted by Gasteiger charge is 2.09. The van der Waals surface area contributed by atoms with Crippen molar-refractivity contribution in [3.05, 3.63) is 35.4 Å². The lowest BCUT2D eigenvalue weighted by atomic mass is 10.1. The van der Waals surface area contributed by atoms with Gasteiger partial charge in [-0.15, -0.1) is 0 Å². The van der Waals surface area contributed by atoms with Gasteiger partial charge in [-0.25, -0.2) is 0 Å². The van der Waals surface area contributed by atoms with E-state index in [1.807, 2.05) is 31.2 Å². The van der Waals surface area contributed by atoms with Gasteiger partial charge in [-0.2, -0.15) is 0 Å². The number of ether oxygens (including phenoxy) is 1. The van der Waals surface area contributed by atoms with E-state index in [-0.39, 0.29) is 19.1 Å². The Balaban J connectivity index is 2.24. The van der Waals surface area contributed by atoms with Crippen molar-refractivity contribution in [1.82, 2.24) is 5.32 Å². The van der Waals surface area contributed by atoms with Crippen LogP contribution in [0.2, 0.25) is 0 Å². The van der Waals surface area contributed by atoms with E-state index in [0.29, 0.717) is 18.9 Å². The van der Waals surface area contributed by atoms with Crippen molar-refractivity contribution < 1.29 is 14.6 Å². The molecule has 1 aromatic rings. The topological polar surface area (TPSA) is 58.6 Å². The van der Waals surface area contributed by atoms with Gasteiger partial charge in [0.15, 0.2) is 0 Å². The molecule has 1 rings (SSSR count). The standard InChI is InChI=1S/C16H25NO3/c1-12(2)10-20-11-15(18)9-17-16(19)8-14-7-5-4-6-13(14)3/h4-7,12,15,18H,8-11H2,1-3H3,(H,17,19). The number of hydrogen-bond donors (Lipinski definition) is 2. The zero-order valence-corrected chi connectivity index (χ0v) is 12.6. The molecule has 1 aromatic carbocycles. The van der Waals surface area contributed by atoms with Crippen LogP contribution in [-0.4, -0.2) is 36.9 Å². The van der Waals surface area contributed by atoms with Crippen LogP contribution in [0.1, 0.15) is 25.0 Å². The number of carbonyl (C=O) groups excluding carboxylic acids is 1. The lowest BCUT2D eigenvalue weighted by molar-refractivity contribution is -0.121. The molecule has 0 heterocycles. The van der Waals surface area contributed by atoms with Gasteiger partial charge in [0.05, 0.1) is 19.1 Å². The summed E-state index contributed by atoms with van der Waals surface area (Å²) in [5.41, 5.74) is 2.11. The van der Waals surface area contributed by atoms with Gasteiger partial charge in [-0.3, -0.25) is 4.79 Å². The summed E-state index contributed by atoms with van der Waals surface area (Å²) in [7, 11) is 0. The Kier molecular flexibility index (Phi) is 7.26. The molecule has 0 aliphatic rings. The fourth-order valence-corrected chi connectivity index (χ4v) is 1.77. The van der Waals surface area contributed by atoms with Gasteiger partial charge < -0.3 is 15.2 Å². The molecule has 0 aliphatic carbocycles. The maximum atomic E-state index is 11.8. The number of aliphatic hydroxyl groups excluding tert-OH is 1. The molecule has 0 saturated heterocycles. The minimum atomic E-state index is -0.658. The zero-order chi connectivity index (χ0) is 15.0. The number of rotatable bonds is 8. The number of benzene rings is 1. The lowest BCUT2D eigenvalue weighted by Gasteiger charge is -2.14. The third-order valence-electron chi connectivity index (χ3n) is 2.91. The van der Waals surface area contributed by atoms with E-state index in [2.05, 4.69) is 19.2 Å². The molecule has 4 heteroatoms. The molecule has 0 saturated carbocycles. The highest BCUT2D eigenvalue weighted by Crippen LogP contribution is 2.07. The quantitative estimate of drug-likeness (QED) is 0.761. The van der Waals surface area contributed by atoms with Crippen molar-refractivity contribution in [2.75, 3.05) is 19.8 Å². The molecule has 1 unspecified atom stereocenters. The third-order valence-corrected chi connectivity index (χ3v) is 2.91. The van der Waals surface area contributed by atoms with E-state index >= 15 is 0 Å². The summed E-state index contributed by atoms with van der Waals surface area (Å²) in [6.45, 7) is 7.18. The molecule has 0 radical (unpaired) electrons. The van der Waals surface area contributed by atoms with Crippen molar-refractivity contribution in [3.63, 3.8) is 0 Å². The van der Waals surface area contributed by atoms with Crippen LogP contribution >= 0.6 is 0 Å². The second-order valence-electron chi connectivity index (χ2n) is 5.49. The molecule has 1 amide bonds. The van der Waals surface area contributed by atoms with Gasteiger partial charge in [-0.1, -0.05) is 38.1 Å². The Morgan fingerprint density at radius 3 is 2.65 bits per heavy atom. The molecule has 112 valence electrons. The fourth-order valence-electron chi connectivity index (χ4n) is 1.77. The van der Waals surface area contributed by atoms with Crippen molar-refractivity contribution >= 4 is 5.91 Å². The number of aliphatic hydroxyl groups is 1. The highest BCUT2D eigenvalue weighted by molar-refractivity contribution is 5.78. The molecular weight excluding hydrogens is 254 g/mol. The smallest absolute Gasteiger partial charge is 0.224 e. The minimum Gasteiger partial charge on any atom is -0.389 e. The molecule has 2 N–H and O–H groups in total. The number of hydrogen-bond acceptors (Lipinski definition) is 3. The molecule has 0 aromatic heterocycles. The molecule has 0 spiro atoms. The first kappa shape index (κ1) is 16.7. The van der Waals surface area contributed by atoms with Crippen LogP contribution in [0.25, 0.3) is 0 Å². The van der Waals surface area contributed by atoms with Crippen molar-refractivity contribution in [2.45, 2.75) is 33.3 Å². The van der Waals surface area contributed by atoms with E-state index in [1.165, 1.54) is 0 Å². The summed E-state index contributed by atoms with van der Waals surface area (Å²) in [5.74, 6) is 0.361. The van der Waals surface area contributed by atoms with Crippen LogP contribution in [-0.2, 0) is 16.0 Å². The van der Waals surface area contributed by atoms with Crippen molar-refractivity contribution in [2.24, 2.45) is 5.92 Å². The number of nitrogens with one attached hydrogen (secondary N) is 1. The Morgan fingerprint density at radius 2 is 2.00 bits per heavy atom. The first-order chi connectivity index (χ1) is 9.49. The van der Waals surface area contributed by atoms with Crippen LogP contribution in [0, 0.1) is 12.8 Å². The van der Waals surface area contributed by atoms with Crippen LogP contribution < -0.4 is 5.32 Å². The third kappa shape index (κ3) is 6.68. The summed E-state index contributed by atoms with van der Waals surface area (Å²) < 4.78 is 5.33. The van der Waals surface area contributed by atoms with Gasteiger partial charge in [0.2, 0.25) is 5.91 Å². The van der Waals surface area contributed by atoms with E-state index < -0.39 is 6.10 Å². The minimum absolute atomic E-state index is 0.0813. The molecular formula is C16H25NO3. The van der Waals surface area contributed by atoms with Crippen LogP contribution in [0.4, 0.5) is 0 Å². The van der Waals surface area contributed by atoms with Crippen molar-refractivity contribution in [3.8, 4) is 0 Å². The van der Waals surface area contributed by atoms with E-state index in [0.717, 1.165) is 11.1 Å². The van der Waals surface area contributed by atoms with Crippen molar-refractivity contribution in [1.29, 1.82) is 0 Å². The Labute approximate surface area is 121 Å². The first-order valence-electron chi connectivity index (χ1n) is 7.06. The molecule has 0 aliphatic heterocycles. The number of aryl methyl sites for hydroxylation is 1. The average Bonchev–Trinajstić information content (AvgIpc) is 2.39. The second kappa shape index (κ2) is 8.72. The van der Waals surface area contributed by atoms with Crippen LogP contribution in [0.5, 0.6) is 0 Å². The lowest BCUT2D eigenvalue weighted by Crippen LogP contribution is -2.35. The monoisotopic (exact) mass is 279 g/mol. The predicted molar refractivity (Wildman–Crippen MR) is 79.6 cm³/mol. The maximum Gasteiger partial charge on any atom is 0.224 e. The van der Waals surface area contributed by atoms with E-state index in [4.69, 9.17) is 4.74 Å². The summed E-state index contributed by atoms with van der Waals surface area (Å²) >= 11 is 0. The predicted octanol–water partition coefficient (Wildman–Crippen LogP) is 1.69. The summed E-state index contributed by atoms with van der Waals surface area (Å²) in [5, 5.41) is 12.4. The van der Waals surface area contributed by atoms with Gasteiger partial charge >= 0.3 is 0 Å². The maximum absolute atomic E-state index is 11.8. The van der Waals surface area contributed by atoms with E-state index in [1.54, 1.807) is 0 Å². The number of carbonyl (C=O) groups is 1. The Hall–Kier alpha value is -1.39. The first-order valence-corrected chi connectivity index (χ1v) is 7.06. The average molecular weight is 279 g/mol. The summed E-state index contributed by atoms with van der Waals surface area (Å²) in [6, 6.07) is 7.80. The summed E-state index contributed by atoms with van der Waals surface area (Å²) in [4.78, 5) is 11.8. The van der Waals surface area contributed by atoms with Crippen LogP contribution in [0.3, 0.4) is 0 Å². The highest BCUT2D eigenvalue weighted by atomic mass is 16.5.